The number of rotatable bonds is 5. The topological polar surface area (TPSA) is 34.1 Å². The van der Waals surface area contributed by atoms with E-state index in [0.717, 1.165) is 23.6 Å². The highest BCUT2D eigenvalue weighted by Crippen LogP contribution is 2.28. The van der Waals surface area contributed by atoms with Crippen LogP contribution in [0.25, 0.3) is 10.2 Å². The van der Waals surface area contributed by atoms with Crippen molar-refractivity contribution in [2.24, 2.45) is 5.92 Å². The molecule has 1 aromatic heterocycles. The van der Waals surface area contributed by atoms with Gasteiger partial charge < -0.3 is 10.1 Å². The van der Waals surface area contributed by atoms with Crippen molar-refractivity contribution in [1.29, 1.82) is 0 Å². The molecule has 4 heteroatoms. The fraction of sp³-hybridized carbons (Fsp3) is 0.562. The smallest absolute Gasteiger partial charge is 0.120 e. The number of nitrogens with one attached hydrogen (secondary N) is 1. The highest BCUT2D eigenvalue weighted by Gasteiger charge is 2.14. The van der Waals surface area contributed by atoms with E-state index in [9.17, 15) is 0 Å². The standard InChI is InChI=1S/C16H22N2OS/c1-2-19-13-6-7-14-15(10-13)20-16(18-14)8-5-12-4-3-9-17-11-12/h6-7,10,12,17H,2-5,8-9,11H2,1H3. The van der Waals surface area contributed by atoms with E-state index in [2.05, 4.69) is 17.4 Å². The van der Waals surface area contributed by atoms with Crippen LogP contribution in [0.2, 0.25) is 0 Å². The second-order valence-electron chi connectivity index (χ2n) is 5.42. The van der Waals surface area contributed by atoms with Crippen LogP contribution in [0, 0.1) is 5.92 Å². The van der Waals surface area contributed by atoms with Crippen LogP contribution in [0.5, 0.6) is 5.75 Å². The number of thiazole rings is 1. The first-order valence-electron chi connectivity index (χ1n) is 7.58. The lowest BCUT2D eigenvalue weighted by Gasteiger charge is -2.21. The van der Waals surface area contributed by atoms with Crippen molar-refractivity contribution in [1.82, 2.24) is 10.3 Å². The summed E-state index contributed by atoms with van der Waals surface area (Å²) in [6, 6.07) is 6.20. The molecule has 2 heterocycles. The predicted octanol–water partition coefficient (Wildman–Crippen LogP) is 3.63. The van der Waals surface area contributed by atoms with Gasteiger partial charge in [0, 0.05) is 0 Å². The average molecular weight is 290 g/mol. The first-order chi connectivity index (χ1) is 9.85. The summed E-state index contributed by atoms with van der Waals surface area (Å²) < 4.78 is 6.79. The molecule has 3 rings (SSSR count). The lowest BCUT2D eigenvalue weighted by atomic mass is 9.95. The summed E-state index contributed by atoms with van der Waals surface area (Å²) in [4.78, 5) is 4.74. The molecule has 1 aromatic carbocycles. The van der Waals surface area contributed by atoms with E-state index in [-0.39, 0.29) is 0 Å². The molecule has 108 valence electrons. The van der Waals surface area contributed by atoms with E-state index in [0.29, 0.717) is 6.61 Å². The third-order valence-electron chi connectivity index (χ3n) is 3.88. The van der Waals surface area contributed by atoms with Crippen LogP contribution < -0.4 is 10.1 Å². The second-order valence-corrected chi connectivity index (χ2v) is 6.54. The minimum Gasteiger partial charge on any atom is -0.494 e. The Morgan fingerprint density at radius 3 is 3.20 bits per heavy atom. The largest absolute Gasteiger partial charge is 0.494 e. The van der Waals surface area contributed by atoms with E-state index in [1.54, 1.807) is 0 Å². The van der Waals surface area contributed by atoms with Gasteiger partial charge >= 0.3 is 0 Å². The Bertz CT molecular complexity index is 561. The third-order valence-corrected chi connectivity index (χ3v) is 4.96. The number of ether oxygens (including phenoxy) is 1. The SMILES string of the molecule is CCOc1ccc2nc(CCC3CCCNC3)sc2c1. The van der Waals surface area contributed by atoms with Crippen molar-refractivity contribution in [2.45, 2.75) is 32.6 Å². The molecule has 1 aliphatic heterocycles. The maximum Gasteiger partial charge on any atom is 0.120 e. The van der Waals surface area contributed by atoms with Crippen LogP contribution in [0.1, 0.15) is 31.2 Å². The molecule has 1 fully saturated rings. The van der Waals surface area contributed by atoms with Crippen molar-refractivity contribution >= 4 is 21.6 Å². The van der Waals surface area contributed by atoms with Gasteiger partial charge in [-0.15, -0.1) is 11.3 Å². The number of aryl methyl sites for hydroxylation is 1. The lowest BCUT2D eigenvalue weighted by molar-refractivity contribution is 0.341. The number of fused-ring (bicyclic) bond motifs is 1. The summed E-state index contributed by atoms with van der Waals surface area (Å²) in [7, 11) is 0. The molecule has 0 spiro atoms. The van der Waals surface area contributed by atoms with E-state index >= 15 is 0 Å². The number of nitrogens with zero attached hydrogens (tertiary/aromatic N) is 1. The number of hydrogen-bond acceptors (Lipinski definition) is 4. The summed E-state index contributed by atoms with van der Waals surface area (Å²) in [5, 5.41) is 4.75. The fourth-order valence-corrected chi connectivity index (χ4v) is 3.83. The molecule has 0 radical (unpaired) electrons. The summed E-state index contributed by atoms with van der Waals surface area (Å²) in [6.07, 6.45) is 5.05. The molecular formula is C16H22N2OS. The molecule has 2 aromatic rings. The number of piperidine rings is 1. The average Bonchev–Trinajstić information content (AvgIpc) is 2.89. The highest BCUT2D eigenvalue weighted by molar-refractivity contribution is 7.18. The van der Waals surface area contributed by atoms with Gasteiger partial charge in [-0.2, -0.15) is 0 Å². The molecule has 0 saturated carbocycles. The minimum absolute atomic E-state index is 0.714. The minimum atomic E-state index is 0.714. The van der Waals surface area contributed by atoms with Gasteiger partial charge in [-0.25, -0.2) is 4.98 Å². The molecule has 1 atom stereocenters. The Labute approximate surface area is 124 Å². The first kappa shape index (κ1) is 13.8. The van der Waals surface area contributed by atoms with E-state index < -0.39 is 0 Å². The Morgan fingerprint density at radius 2 is 2.40 bits per heavy atom. The van der Waals surface area contributed by atoms with Crippen molar-refractivity contribution < 1.29 is 4.74 Å². The monoisotopic (exact) mass is 290 g/mol. The van der Waals surface area contributed by atoms with Crippen LogP contribution in [-0.4, -0.2) is 24.7 Å². The zero-order valence-electron chi connectivity index (χ0n) is 12.0. The van der Waals surface area contributed by atoms with E-state index in [4.69, 9.17) is 9.72 Å². The highest BCUT2D eigenvalue weighted by atomic mass is 32.1. The Balaban J connectivity index is 1.65. The Hall–Kier alpha value is -1.13. The maximum absolute atomic E-state index is 5.55. The molecule has 3 nitrogen and oxygen atoms in total. The molecule has 1 aliphatic rings. The summed E-state index contributed by atoms with van der Waals surface area (Å²) in [5.41, 5.74) is 1.11. The van der Waals surface area contributed by atoms with Gasteiger partial charge in [0.1, 0.15) is 5.75 Å². The summed E-state index contributed by atoms with van der Waals surface area (Å²) >= 11 is 1.81. The maximum atomic E-state index is 5.55. The Morgan fingerprint density at radius 1 is 1.45 bits per heavy atom. The van der Waals surface area contributed by atoms with Crippen molar-refractivity contribution in [3.8, 4) is 5.75 Å². The number of benzene rings is 1. The molecule has 1 saturated heterocycles. The van der Waals surface area contributed by atoms with Crippen LogP contribution in [-0.2, 0) is 6.42 Å². The first-order valence-corrected chi connectivity index (χ1v) is 8.40. The van der Waals surface area contributed by atoms with Crippen molar-refractivity contribution in [2.75, 3.05) is 19.7 Å². The van der Waals surface area contributed by atoms with Crippen LogP contribution >= 0.6 is 11.3 Å². The van der Waals surface area contributed by atoms with Crippen LogP contribution in [0.3, 0.4) is 0 Å². The van der Waals surface area contributed by atoms with Gasteiger partial charge in [-0.3, -0.25) is 0 Å². The Kier molecular flexibility index (Phi) is 4.53. The predicted molar refractivity (Wildman–Crippen MR) is 84.7 cm³/mol. The summed E-state index contributed by atoms with van der Waals surface area (Å²) in [5.74, 6) is 1.78. The van der Waals surface area contributed by atoms with Gasteiger partial charge in [0.2, 0.25) is 0 Å². The second kappa shape index (κ2) is 6.55. The quantitative estimate of drug-likeness (QED) is 0.913. The zero-order chi connectivity index (χ0) is 13.8. The van der Waals surface area contributed by atoms with E-state index in [1.165, 1.54) is 42.1 Å². The van der Waals surface area contributed by atoms with Gasteiger partial charge in [0.25, 0.3) is 0 Å². The molecule has 1 unspecified atom stereocenters. The van der Waals surface area contributed by atoms with Crippen LogP contribution in [0.4, 0.5) is 0 Å². The van der Waals surface area contributed by atoms with Gasteiger partial charge in [-0.05, 0) is 69.8 Å². The zero-order valence-corrected chi connectivity index (χ0v) is 12.8. The fourth-order valence-electron chi connectivity index (χ4n) is 2.81. The van der Waals surface area contributed by atoms with Gasteiger partial charge in [0.15, 0.2) is 0 Å². The number of aromatic nitrogens is 1. The van der Waals surface area contributed by atoms with Gasteiger partial charge in [-0.1, -0.05) is 0 Å². The molecule has 1 N–H and O–H groups in total. The molecule has 0 bridgehead atoms. The van der Waals surface area contributed by atoms with Crippen LogP contribution in [0.15, 0.2) is 18.2 Å². The lowest BCUT2D eigenvalue weighted by Crippen LogP contribution is -2.29. The van der Waals surface area contributed by atoms with E-state index in [1.807, 2.05) is 24.3 Å². The third kappa shape index (κ3) is 3.30. The molecule has 0 aliphatic carbocycles. The van der Waals surface area contributed by atoms with Crippen molar-refractivity contribution in [3.63, 3.8) is 0 Å². The number of hydrogen-bond donors (Lipinski definition) is 1. The van der Waals surface area contributed by atoms with Crippen molar-refractivity contribution in [3.05, 3.63) is 23.2 Å². The molecule has 0 amide bonds. The molecule has 20 heavy (non-hydrogen) atoms. The normalized spacial score (nSPS) is 19.4. The summed E-state index contributed by atoms with van der Waals surface area (Å²) in [6.45, 7) is 5.10. The van der Waals surface area contributed by atoms with Gasteiger partial charge in [0.05, 0.1) is 21.8 Å². The molecular weight excluding hydrogens is 268 g/mol.